The summed E-state index contributed by atoms with van der Waals surface area (Å²) in [4.78, 5) is 18.5. The molecule has 1 aliphatic rings. The van der Waals surface area contributed by atoms with Crippen LogP contribution in [0.15, 0.2) is 39.7 Å². The van der Waals surface area contributed by atoms with Gasteiger partial charge in [0.05, 0.1) is 40.0 Å². The Morgan fingerprint density at radius 3 is 2.53 bits per heavy atom. The van der Waals surface area contributed by atoms with Gasteiger partial charge in [-0.05, 0) is 30.7 Å². The minimum atomic E-state index is -0.409. The number of ether oxygens (including phenoxy) is 3. The van der Waals surface area contributed by atoms with Crippen LogP contribution in [0, 0.1) is 6.92 Å². The fourth-order valence-corrected chi connectivity index (χ4v) is 3.70. The molecule has 3 rings (SSSR count). The van der Waals surface area contributed by atoms with Crippen molar-refractivity contribution in [3.63, 3.8) is 0 Å². The number of carbonyl (C=O) groups excluding carboxylic acids is 1. The first-order valence-corrected chi connectivity index (χ1v) is 10.6. The van der Waals surface area contributed by atoms with Crippen molar-refractivity contribution in [2.75, 3.05) is 54.1 Å². The normalized spacial score (nSPS) is 15.8. The number of morpholine rings is 1. The molecule has 1 atom stereocenters. The summed E-state index contributed by atoms with van der Waals surface area (Å²) in [5, 5.41) is 6.65. The Kier molecular flexibility index (Phi) is 8.52. The molecule has 174 valence electrons. The lowest BCUT2D eigenvalue weighted by Gasteiger charge is -2.35. The number of furan rings is 1. The number of carbonyl (C=O) groups is 1. The number of aryl methyl sites for hydroxylation is 1. The van der Waals surface area contributed by atoms with Crippen LogP contribution in [-0.4, -0.2) is 70.9 Å². The number of methoxy groups -OCH3 is 2. The van der Waals surface area contributed by atoms with E-state index in [9.17, 15) is 4.79 Å². The lowest BCUT2D eigenvalue weighted by Crippen LogP contribution is -2.46. The second-order valence-corrected chi connectivity index (χ2v) is 7.42. The van der Waals surface area contributed by atoms with Crippen molar-refractivity contribution in [3.05, 3.63) is 53.0 Å². The molecule has 2 aromatic rings. The van der Waals surface area contributed by atoms with Gasteiger partial charge in [0.2, 0.25) is 0 Å². The van der Waals surface area contributed by atoms with Gasteiger partial charge < -0.3 is 29.3 Å². The third-order valence-electron chi connectivity index (χ3n) is 5.48. The van der Waals surface area contributed by atoms with Crippen molar-refractivity contribution < 1.29 is 23.4 Å². The van der Waals surface area contributed by atoms with E-state index in [1.54, 1.807) is 27.1 Å². The zero-order valence-electron chi connectivity index (χ0n) is 19.1. The minimum absolute atomic E-state index is 0.153. The molecule has 1 unspecified atom stereocenters. The van der Waals surface area contributed by atoms with Crippen LogP contribution in [-0.2, 0) is 16.0 Å². The van der Waals surface area contributed by atoms with E-state index in [1.165, 1.54) is 12.7 Å². The van der Waals surface area contributed by atoms with Crippen molar-refractivity contribution in [2.24, 2.45) is 4.99 Å². The van der Waals surface area contributed by atoms with E-state index in [0.717, 1.165) is 32.1 Å². The number of hydrogen-bond acceptors (Lipinski definition) is 7. The standard InChI is InChI=1S/C23H32N4O5/c1-16-20(22(28)30-4)13-19(32-16)14-25-23(24-2)26-15-21(27-9-11-31-12-10-27)17-5-7-18(29-3)8-6-17/h5-8,13,21H,9-12,14-15H2,1-4H3,(H2,24,25,26). The molecule has 1 aromatic carbocycles. The molecule has 9 heteroatoms. The molecule has 0 saturated carbocycles. The number of benzene rings is 1. The van der Waals surface area contributed by atoms with Crippen LogP contribution in [0.2, 0.25) is 0 Å². The fourth-order valence-electron chi connectivity index (χ4n) is 3.70. The van der Waals surface area contributed by atoms with Gasteiger partial charge in [0, 0.05) is 26.7 Å². The Bertz CT molecular complexity index is 904. The topological polar surface area (TPSA) is 97.6 Å². The number of esters is 1. The van der Waals surface area contributed by atoms with Crippen LogP contribution in [0.25, 0.3) is 0 Å². The molecule has 0 radical (unpaired) electrons. The molecule has 0 bridgehead atoms. The van der Waals surface area contributed by atoms with Crippen molar-refractivity contribution >= 4 is 11.9 Å². The van der Waals surface area contributed by atoms with Crippen LogP contribution < -0.4 is 15.4 Å². The average Bonchev–Trinajstić information content (AvgIpc) is 3.22. The molecule has 0 spiro atoms. The lowest BCUT2D eigenvalue weighted by molar-refractivity contribution is 0.0170. The SMILES string of the molecule is CN=C(NCc1cc(C(=O)OC)c(C)o1)NCC(c1ccc(OC)cc1)N1CCOCC1. The first-order chi connectivity index (χ1) is 15.5. The highest BCUT2D eigenvalue weighted by Gasteiger charge is 2.23. The average molecular weight is 445 g/mol. The van der Waals surface area contributed by atoms with Crippen molar-refractivity contribution in [3.8, 4) is 5.75 Å². The predicted molar refractivity (Wildman–Crippen MR) is 121 cm³/mol. The van der Waals surface area contributed by atoms with Gasteiger partial charge in [0.25, 0.3) is 0 Å². The number of rotatable bonds is 8. The van der Waals surface area contributed by atoms with Gasteiger partial charge in [-0.1, -0.05) is 12.1 Å². The van der Waals surface area contributed by atoms with Crippen LogP contribution in [0.1, 0.15) is 33.5 Å². The maximum Gasteiger partial charge on any atom is 0.341 e. The number of aliphatic imine (C=N–C) groups is 1. The van der Waals surface area contributed by atoms with E-state index < -0.39 is 5.97 Å². The molecule has 2 N–H and O–H groups in total. The Morgan fingerprint density at radius 2 is 1.91 bits per heavy atom. The van der Waals surface area contributed by atoms with E-state index in [2.05, 4.69) is 32.7 Å². The Morgan fingerprint density at radius 1 is 1.19 bits per heavy atom. The minimum Gasteiger partial charge on any atom is -0.497 e. The van der Waals surface area contributed by atoms with E-state index in [4.69, 9.17) is 18.6 Å². The summed E-state index contributed by atoms with van der Waals surface area (Å²) in [6.07, 6.45) is 0. The van der Waals surface area contributed by atoms with Crippen molar-refractivity contribution in [1.29, 1.82) is 0 Å². The summed E-state index contributed by atoms with van der Waals surface area (Å²) >= 11 is 0. The van der Waals surface area contributed by atoms with Gasteiger partial charge in [-0.15, -0.1) is 0 Å². The fraction of sp³-hybridized carbons (Fsp3) is 0.478. The number of nitrogens with zero attached hydrogens (tertiary/aromatic N) is 2. The highest BCUT2D eigenvalue weighted by atomic mass is 16.5. The van der Waals surface area contributed by atoms with Gasteiger partial charge in [-0.25, -0.2) is 4.79 Å². The van der Waals surface area contributed by atoms with Gasteiger partial charge >= 0.3 is 5.97 Å². The molecule has 1 saturated heterocycles. The lowest BCUT2D eigenvalue weighted by atomic mass is 10.0. The second kappa shape index (κ2) is 11.5. The van der Waals surface area contributed by atoms with E-state index in [-0.39, 0.29) is 6.04 Å². The van der Waals surface area contributed by atoms with E-state index >= 15 is 0 Å². The largest absolute Gasteiger partial charge is 0.497 e. The Hall–Kier alpha value is -3.04. The monoisotopic (exact) mass is 444 g/mol. The first kappa shape index (κ1) is 23.6. The quantitative estimate of drug-likeness (QED) is 0.363. The van der Waals surface area contributed by atoms with Gasteiger partial charge in [-0.3, -0.25) is 9.89 Å². The maximum absolute atomic E-state index is 11.8. The molecule has 32 heavy (non-hydrogen) atoms. The summed E-state index contributed by atoms with van der Waals surface area (Å²) in [5.74, 6) is 2.23. The summed E-state index contributed by atoms with van der Waals surface area (Å²) in [7, 11) is 4.74. The summed E-state index contributed by atoms with van der Waals surface area (Å²) in [5.41, 5.74) is 1.62. The third-order valence-corrected chi connectivity index (χ3v) is 5.48. The molecule has 1 aliphatic heterocycles. The molecular weight excluding hydrogens is 412 g/mol. The highest BCUT2D eigenvalue weighted by molar-refractivity contribution is 5.90. The molecule has 0 aliphatic carbocycles. The summed E-state index contributed by atoms with van der Waals surface area (Å²) < 4.78 is 21.3. The van der Waals surface area contributed by atoms with Crippen LogP contribution >= 0.6 is 0 Å². The van der Waals surface area contributed by atoms with Crippen molar-refractivity contribution in [1.82, 2.24) is 15.5 Å². The first-order valence-electron chi connectivity index (χ1n) is 10.6. The molecule has 9 nitrogen and oxygen atoms in total. The summed E-state index contributed by atoms with van der Waals surface area (Å²) in [6, 6.07) is 9.99. The van der Waals surface area contributed by atoms with Crippen LogP contribution in [0.3, 0.4) is 0 Å². The number of nitrogens with one attached hydrogen (secondary N) is 2. The Balaban J connectivity index is 1.63. The van der Waals surface area contributed by atoms with Gasteiger partial charge in [0.1, 0.15) is 22.8 Å². The van der Waals surface area contributed by atoms with Gasteiger partial charge in [-0.2, -0.15) is 0 Å². The van der Waals surface area contributed by atoms with Gasteiger partial charge in [0.15, 0.2) is 5.96 Å². The van der Waals surface area contributed by atoms with E-state index in [0.29, 0.717) is 36.1 Å². The van der Waals surface area contributed by atoms with Crippen molar-refractivity contribution in [2.45, 2.75) is 19.5 Å². The van der Waals surface area contributed by atoms with Crippen LogP contribution in [0.5, 0.6) is 5.75 Å². The maximum atomic E-state index is 11.8. The molecule has 2 heterocycles. The van der Waals surface area contributed by atoms with E-state index in [1.807, 2.05) is 12.1 Å². The number of hydrogen-bond donors (Lipinski definition) is 2. The Labute approximate surface area is 188 Å². The number of guanidine groups is 1. The highest BCUT2D eigenvalue weighted by Crippen LogP contribution is 2.23. The molecule has 1 fully saturated rings. The summed E-state index contributed by atoms with van der Waals surface area (Å²) in [6.45, 7) is 5.97. The molecule has 1 aromatic heterocycles. The molecular formula is C23H32N4O5. The second-order valence-electron chi connectivity index (χ2n) is 7.42. The zero-order chi connectivity index (χ0) is 22.9. The smallest absolute Gasteiger partial charge is 0.341 e. The van der Waals surface area contributed by atoms with Crippen LogP contribution in [0.4, 0.5) is 0 Å². The molecule has 0 amide bonds. The zero-order valence-corrected chi connectivity index (χ0v) is 19.1. The predicted octanol–water partition coefficient (Wildman–Crippen LogP) is 2.12. The third kappa shape index (κ3) is 6.02.